The monoisotopic (exact) mass is 310 g/mol. The van der Waals surface area contributed by atoms with Crippen LogP contribution in [0.2, 0.25) is 0 Å². The minimum atomic E-state index is -5.07. The van der Waals surface area contributed by atoms with Crippen LogP contribution in [0, 0.1) is 0 Å². The van der Waals surface area contributed by atoms with Gasteiger partial charge in [-0.05, 0) is 19.8 Å². The van der Waals surface area contributed by atoms with Gasteiger partial charge in [-0.25, -0.2) is 9.59 Å². The van der Waals surface area contributed by atoms with Crippen LogP contribution in [0.1, 0.15) is 45.4 Å². The number of urea groups is 1. The largest absolute Gasteiger partial charge is 0.479 e. The Kier molecular flexibility index (Phi) is 5.47. The predicted octanol–water partition coefficient (Wildman–Crippen LogP) is 2.76. The highest BCUT2D eigenvalue weighted by molar-refractivity contribution is 5.86. The first kappa shape index (κ1) is 17.6. The van der Waals surface area contributed by atoms with Crippen molar-refractivity contribution in [3.05, 3.63) is 0 Å². The number of halogens is 3. The van der Waals surface area contributed by atoms with Gasteiger partial charge < -0.3 is 15.3 Å². The summed E-state index contributed by atoms with van der Waals surface area (Å²) in [6.45, 7) is 0.453. The van der Waals surface area contributed by atoms with E-state index in [1.807, 2.05) is 0 Å². The Morgan fingerprint density at radius 1 is 1.14 bits per heavy atom. The third kappa shape index (κ3) is 4.01. The lowest BCUT2D eigenvalue weighted by Gasteiger charge is -2.33. The maximum Gasteiger partial charge on any atom is 0.422 e. The second-order valence-corrected chi connectivity index (χ2v) is 5.61. The highest BCUT2D eigenvalue weighted by atomic mass is 19.4. The first-order chi connectivity index (χ1) is 9.59. The zero-order chi connectivity index (χ0) is 16.3. The molecular formula is C13H21F3N2O3. The van der Waals surface area contributed by atoms with Crippen LogP contribution in [-0.2, 0) is 4.79 Å². The van der Waals surface area contributed by atoms with E-state index in [0.29, 0.717) is 6.92 Å². The van der Waals surface area contributed by atoms with Gasteiger partial charge in [0.1, 0.15) is 0 Å². The van der Waals surface area contributed by atoms with Gasteiger partial charge in [-0.15, -0.1) is 0 Å². The fourth-order valence-electron chi connectivity index (χ4n) is 2.36. The standard InChI is InChI=1S/C13H21F3N2O3/c1-12(10(19)20,13(14,15)16)17-11(21)18(2)9-7-5-3-4-6-8-9/h9H,3-8H2,1-2H3,(H,17,21)(H,19,20). The molecule has 2 amide bonds. The zero-order valence-electron chi connectivity index (χ0n) is 12.2. The van der Waals surface area contributed by atoms with Crippen molar-refractivity contribution in [2.45, 2.75) is 63.2 Å². The van der Waals surface area contributed by atoms with Crippen molar-refractivity contribution in [2.75, 3.05) is 7.05 Å². The van der Waals surface area contributed by atoms with E-state index < -0.39 is 23.7 Å². The summed E-state index contributed by atoms with van der Waals surface area (Å²) < 4.78 is 38.6. The second-order valence-electron chi connectivity index (χ2n) is 5.61. The van der Waals surface area contributed by atoms with Gasteiger partial charge in [0.25, 0.3) is 0 Å². The van der Waals surface area contributed by atoms with Gasteiger partial charge in [0.15, 0.2) is 0 Å². The van der Waals surface area contributed by atoms with Gasteiger partial charge in [-0.2, -0.15) is 13.2 Å². The van der Waals surface area contributed by atoms with Crippen LogP contribution < -0.4 is 5.32 Å². The lowest BCUT2D eigenvalue weighted by molar-refractivity contribution is -0.203. The number of carboxylic acid groups (broad SMARTS) is 1. The highest BCUT2D eigenvalue weighted by Gasteiger charge is 2.58. The quantitative estimate of drug-likeness (QED) is 0.788. The van der Waals surface area contributed by atoms with Crippen molar-refractivity contribution in [3.63, 3.8) is 0 Å². The molecule has 0 aliphatic heterocycles. The van der Waals surface area contributed by atoms with Gasteiger partial charge in [0.05, 0.1) is 0 Å². The fourth-order valence-corrected chi connectivity index (χ4v) is 2.36. The summed E-state index contributed by atoms with van der Waals surface area (Å²) in [6, 6.07) is -1.16. The van der Waals surface area contributed by atoms with E-state index in [4.69, 9.17) is 5.11 Å². The van der Waals surface area contributed by atoms with Gasteiger partial charge in [0, 0.05) is 13.1 Å². The first-order valence-electron chi connectivity index (χ1n) is 6.94. The molecule has 21 heavy (non-hydrogen) atoms. The summed E-state index contributed by atoms with van der Waals surface area (Å²) in [5.74, 6) is -2.13. The van der Waals surface area contributed by atoms with Gasteiger partial charge in [-0.1, -0.05) is 25.7 Å². The molecule has 0 saturated heterocycles. The smallest absolute Gasteiger partial charge is 0.422 e. The molecule has 0 bridgehead atoms. The minimum absolute atomic E-state index is 0.154. The number of aliphatic carboxylic acids is 1. The Balaban J connectivity index is 2.79. The molecule has 1 rings (SSSR count). The summed E-state index contributed by atoms with van der Waals surface area (Å²) in [7, 11) is 1.41. The van der Waals surface area contributed by atoms with Gasteiger partial charge >= 0.3 is 18.2 Å². The number of hydrogen-bond donors (Lipinski definition) is 2. The van der Waals surface area contributed by atoms with E-state index in [0.717, 1.165) is 38.5 Å². The van der Waals surface area contributed by atoms with Crippen molar-refractivity contribution in [1.29, 1.82) is 0 Å². The summed E-state index contributed by atoms with van der Waals surface area (Å²) in [6.07, 6.45) is 0.288. The normalized spacial score (nSPS) is 20.2. The summed E-state index contributed by atoms with van der Waals surface area (Å²) in [4.78, 5) is 24.1. The molecule has 0 radical (unpaired) electrons. The van der Waals surface area contributed by atoms with E-state index in [2.05, 4.69) is 0 Å². The number of carbonyl (C=O) groups excluding carboxylic acids is 1. The third-order valence-corrected chi connectivity index (χ3v) is 4.04. The molecule has 0 aromatic rings. The molecule has 0 spiro atoms. The number of carboxylic acids is 1. The molecular weight excluding hydrogens is 289 g/mol. The predicted molar refractivity (Wildman–Crippen MR) is 69.9 cm³/mol. The highest BCUT2D eigenvalue weighted by Crippen LogP contribution is 2.31. The Morgan fingerprint density at radius 2 is 1.62 bits per heavy atom. The molecule has 2 N–H and O–H groups in total. The molecule has 1 saturated carbocycles. The number of alkyl halides is 3. The molecule has 0 heterocycles. The number of rotatable bonds is 3. The van der Waals surface area contributed by atoms with E-state index in [1.165, 1.54) is 11.9 Å². The number of carbonyl (C=O) groups is 2. The Hall–Kier alpha value is -1.47. The van der Waals surface area contributed by atoms with E-state index in [-0.39, 0.29) is 6.04 Å². The van der Waals surface area contributed by atoms with Crippen LogP contribution in [0.15, 0.2) is 0 Å². The zero-order valence-corrected chi connectivity index (χ0v) is 12.2. The molecule has 1 fully saturated rings. The maximum atomic E-state index is 12.9. The molecule has 122 valence electrons. The van der Waals surface area contributed by atoms with Gasteiger partial charge in [0.2, 0.25) is 5.54 Å². The van der Waals surface area contributed by atoms with Crippen LogP contribution in [0.3, 0.4) is 0 Å². The van der Waals surface area contributed by atoms with Gasteiger partial charge in [-0.3, -0.25) is 0 Å². The number of amides is 2. The van der Waals surface area contributed by atoms with Crippen molar-refractivity contribution in [1.82, 2.24) is 10.2 Å². The van der Waals surface area contributed by atoms with Crippen LogP contribution in [0.25, 0.3) is 0 Å². The SMILES string of the molecule is CN(C(=O)NC(C)(C(=O)O)C(F)(F)F)C1CCCCCC1. The van der Waals surface area contributed by atoms with Crippen LogP contribution >= 0.6 is 0 Å². The van der Waals surface area contributed by atoms with E-state index in [1.54, 1.807) is 5.32 Å². The summed E-state index contributed by atoms with van der Waals surface area (Å²) in [5, 5.41) is 10.4. The third-order valence-electron chi connectivity index (χ3n) is 4.04. The molecule has 1 unspecified atom stereocenters. The minimum Gasteiger partial charge on any atom is -0.479 e. The molecule has 1 atom stereocenters. The van der Waals surface area contributed by atoms with Crippen molar-refractivity contribution >= 4 is 12.0 Å². The molecule has 1 aliphatic carbocycles. The average Bonchev–Trinajstić information content (AvgIpc) is 2.64. The van der Waals surface area contributed by atoms with Crippen LogP contribution in [0.4, 0.5) is 18.0 Å². The maximum absolute atomic E-state index is 12.9. The Bertz CT molecular complexity index is 393. The van der Waals surface area contributed by atoms with E-state index in [9.17, 15) is 22.8 Å². The molecule has 1 aliphatic rings. The number of nitrogens with zero attached hydrogens (tertiary/aromatic N) is 1. The first-order valence-corrected chi connectivity index (χ1v) is 6.94. The lowest BCUT2D eigenvalue weighted by atomic mass is 10.0. The van der Waals surface area contributed by atoms with Crippen molar-refractivity contribution in [3.8, 4) is 0 Å². The summed E-state index contributed by atoms with van der Waals surface area (Å²) >= 11 is 0. The fraction of sp³-hybridized carbons (Fsp3) is 0.846. The van der Waals surface area contributed by atoms with E-state index >= 15 is 0 Å². The van der Waals surface area contributed by atoms with Crippen molar-refractivity contribution in [2.24, 2.45) is 0 Å². The number of nitrogens with one attached hydrogen (secondary N) is 1. The Labute approximate surface area is 121 Å². The van der Waals surface area contributed by atoms with Crippen molar-refractivity contribution < 1.29 is 27.9 Å². The topological polar surface area (TPSA) is 69.6 Å². The number of hydrogen-bond acceptors (Lipinski definition) is 2. The lowest BCUT2D eigenvalue weighted by Crippen LogP contribution is -2.64. The molecule has 0 aromatic heterocycles. The molecule has 8 heteroatoms. The van der Waals surface area contributed by atoms with Crippen LogP contribution in [-0.4, -0.2) is 46.8 Å². The Morgan fingerprint density at radius 3 is 2.00 bits per heavy atom. The average molecular weight is 310 g/mol. The van der Waals surface area contributed by atoms with Crippen LogP contribution in [0.5, 0.6) is 0 Å². The second kappa shape index (κ2) is 6.53. The molecule has 5 nitrogen and oxygen atoms in total. The molecule has 0 aromatic carbocycles. The summed E-state index contributed by atoms with van der Waals surface area (Å²) in [5.41, 5.74) is -3.29.